The molecule has 0 spiro atoms. The Morgan fingerprint density at radius 3 is 1.71 bits per heavy atom. The molecule has 0 amide bonds. The Kier molecular flexibility index (Phi) is 15.5. The first-order chi connectivity index (χ1) is 3.27. The van der Waals surface area contributed by atoms with E-state index in [4.69, 9.17) is 32.0 Å². The van der Waals surface area contributed by atoms with Gasteiger partial charge >= 0.3 is 21.0 Å². The van der Waals surface area contributed by atoms with Crippen molar-refractivity contribution in [1.29, 1.82) is 0 Å². The van der Waals surface area contributed by atoms with E-state index in [1.54, 1.807) is 0 Å². The molecule has 2 nitrogen and oxygen atoms in total. The summed E-state index contributed by atoms with van der Waals surface area (Å²) >= 11 is 11.0. The molecule has 0 atom stereocenters. The van der Waals surface area contributed by atoms with E-state index in [1.165, 1.54) is 0 Å². The summed E-state index contributed by atoms with van der Waals surface area (Å²) in [6, 6.07) is 0. The zero-order chi connectivity index (χ0) is 6.28. The number of aliphatic hydroxyl groups is 1. The van der Waals surface area contributed by atoms with Crippen molar-refractivity contribution in [2.75, 3.05) is 6.61 Å². The molecule has 0 aromatic carbocycles. The third kappa shape index (κ3) is 19.6. The maximum absolute atomic E-state index is 8.19. The maximum atomic E-state index is 8.19. The van der Waals surface area contributed by atoms with E-state index in [0.29, 0.717) is 0 Å². The number of aliphatic hydroxyl groups excluding tert-OH is 1. The van der Waals surface area contributed by atoms with Gasteiger partial charge in [0.05, 0.1) is 6.61 Å². The van der Waals surface area contributed by atoms with Crippen molar-refractivity contribution in [3.63, 3.8) is 0 Å². The predicted octanol–water partition coefficient (Wildman–Crippen LogP) is 0.661. The van der Waals surface area contributed by atoms with Crippen LogP contribution in [0.2, 0.25) is 0 Å². The topological polar surface area (TPSA) is 37.3 Å². The van der Waals surface area contributed by atoms with Crippen molar-refractivity contribution >= 4 is 23.2 Å². The second kappa shape index (κ2) is 10.0. The van der Waals surface area contributed by atoms with Crippen molar-refractivity contribution < 1.29 is 26.1 Å². The molecule has 0 fully saturated rings. The summed E-state index contributed by atoms with van der Waals surface area (Å²) in [4.78, 5) is -0.616. The first-order valence-corrected chi connectivity index (χ1v) is 2.79. The zero-order valence-electron chi connectivity index (χ0n) is 3.34. The van der Waals surface area contributed by atoms with Crippen LogP contribution in [0.25, 0.3) is 0 Å². The van der Waals surface area contributed by atoms with Crippen LogP contribution in [-0.2, 0) is 21.0 Å². The SMILES string of the molecule is OCC(Cl)Cl.[O]=[V+2]. The second-order valence-electron chi connectivity index (χ2n) is 0.574. The Balaban J connectivity index is 0. The molecular weight excluding hydrogens is 178 g/mol. The van der Waals surface area contributed by atoms with Gasteiger partial charge in [0.25, 0.3) is 0 Å². The third-order valence-electron chi connectivity index (χ3n) is 0.138. The molecule has 0 rings (SSSR count). The van der Waals surface area contributed by atoms with Crippen molar-refractivity contribution in [3.05, 3.63) is 0 Å². The summed E-state index contributed by atoms with van der Waals surface area (Å²) in [5.41, 5.74) is 0. The molecule has 41 valence electrons. The summed E-state index contributed by atoms with van der Waals surface area (Å²) in [5.74, 6) is 0. The second-order valence-corrected chi connectivity index (χ2v) is 1.85. The van der Waals surface area contributed by atoms with E-state index in [-0.39, 0.29) is 6.61 Å². The van der Waals surface area contributed by atoms with Crippen molar-refractivity contribution in [2.24, 2.45) is 0 Å². The molecule has 0 radical (unpaired) electrons. The van der Waals surface area contributed by atoms with E-state index in [0.717, 1.165) is 17.4 Å². The van der Waals surface area contributed by atoms with Crippen LogP contribution in [0, 0.1) is 0 Å². The fraction of sp³-hybridized carbons (Fsp3) is 1.00. The third-order valence-corrected chi connectivity index (χ3v) is 0.414. The molecule has 0 aliphatic carbocycles. The van der Waals surface area contributed by atoms with E-state index < -0.39 is 4.84 Å². The standard InChI is InChI=1S/C2H4Cl2O.O.V/c3-2(4)1-5;;/h2,5H,1H2;;/q;;+2. The minimum atomic E-state index is -0.616. The normalized spacial score (nSPS) is 7.71. The minimum absolute atomic E-state index is 0.164. The van der Waals surface area contributed by atoms with Gasteiger partial charge in [-0.05, 0) is 0 Å². The van der Waals surface area contributed by atoms with Gasteiger partial charge in [0.15, 0.2) is 0 Å². The average Bonchev–Trinajstić information content (AvgIpc) is 1.73. The van der Waals surface area contributed by atoms with Crippen molar-refractivity contribution in [3.8, 4) is 0 Å². The average molecular weight is 182 g/mol. The van der Waals surface area contributed by atoms with Crippen LogP contribution in [0.4, 0.5) is 0 Å². The van der Waals surface area contributed by atoms with Crippen LogP contribution in [-0.4, -0.2) is 16.5 Å². The van der Waals surface area contributed by atoms with Crippen LogP contribution >= 0.6 is 23.2 Å². The molecular formula is C2H4Cl2O2V+2. The fourth-order valence-corrected chi connectivity index (χ4v) is 0. The van der Waals surface area contributed by atoms with Crippen LogP contribution < -0.4 is 0 Å². The fourth-order valence-electron chi connectivity index (χ4n) is 0. The molecule has 0 saturated carbocycles. The van der Waals surface area contributed by atoms with Gasteiger partial charge in [0.1, 0.15) is 4.84 Å². The number of alkyl halides is 2. The van der Waals surface area contributed by atoms with Gasteiger partial charge in [0, 0.05) is 0 Å². The molecule has 0 bridgehead atoms. The molecule has 0 aromatic heterocycles. The van der Waals surface area contributed by atoms with Crippen LogP contribution in [0.15, 0.2) is 0 Å². The quantitative estimate of drug-likeness (QED) is 0.604. The van der Waals surface area contributed by atoms with Gasteiger partial charge in [-0.1, -0.05) is 0 Å². The number of hydrogen-bond acceptors (Lipinski definition) is 2. The molecule has 0 aliphatic rings. The van der Waals surface area contributed by atoms with Gasteiger partial charge in [0.2, 0.25) is 0 Å². The predicted molar refractivity (Wildman–Crippen MR) is 23.3 cm³/mol. The van der Waals surface area contributed by atoms with Gasteiger partial charge in [-0.3, -0.25) is 0 Å². The summed E-state index contributed by atoms with van der Waals surface area (Å²) < 4.78 is 8.19. The Labute approximate surface area is 61.0 Å². The van der Waals surface area contributed by atoms with Gasteiger partial charge in [-0.25, -0.2) is 0 Å². The number of rotatable bonds is 1. The van der Waals surface area contributed by atoms with Crippen LogP contribution in [0.1, 0.15) is 0 Å². The summed E-state index contributed by atoms with van der Waals surface area (Å²) in [6.07, 6.45) is 0. The number of halogens is 2. The Bertz CT molecular complexity index is 34.9. The molecule has 1 N–H and O–H groups in total. The molecule has 0 aromatic rings. The molecule has 0 heterocycles. The first-order valence-electron chi connectivity index (χ1n) is 1.34. The summed E-state index contributed by atoms with van der Waals surface area (Å²) in [5, 5.41) is 7.88. The molecule has 5 heteroatoms. The number of hydrogen-bond donors (Lipinski definition) is 1. The monoisotopic (exact) mass is 181 g/mol. The van der Waals surface area contributed by atoms with Gasteiger partial charge < -0.3 is 5.11 Å². The summed E-state index contributed by atoms with van der Waals surface area (Å²) in [7, 11) is 0. The van der Waals surface area contributed by atoms with Gasteiger partial charge in [-0.15, -0.1) is 23.2 Å². The van der Waals surface area contributed by atoms with Gasteiger partial charge in [-0.2, -0.15) is 0 Å². The summed E-state index contributed by atoms with van der Waals surface area (Å²) in [6.45, 7) is -0.164. The van der Waals surface area contributed by atoms with Crippen LogP contribution in [0.3, 0.4) is 0 Å². The molecule has 0 saturated heterocycles. The Morgan fingerprint density at radius 2 is 1.71 bits per heavy atom. The molecule has 0 unspecified atom stereocenters. The first kappa shape index (κ1) is 10.8. The Hall–Kier alpha value is 0.924. The zero-order valence-corrected chi connectivity index (χ0v) is 6.25. The van der Waals surface area contributed by atoms with E-state index in [9.17, 15) is 0 Å². The van der Waals surface area contributed by atoms with E-state index in [2.05, 4.69) is 0 Å². The van der Waals surface area contributed by atoms with Crippen molar-refractivity contribution in [2.45, 2.75) is 4.84 Å². The van der Waals surface area contributed by atoms with E-state index >= 15 is 0 Å². The van der Waals surface area contributed by atoms with Crippen LogP contribution in [0.5, 0.6) is 0 Å². The Morgan fingerprint density at radius 1 is 1.57 bits per heavy atom. The van der Waals surface area contributed by atoms with E-state index in [1.807, 2.05) is 0 Å². The molecule has 0 aliphatic heterocycles. The van der Waals surface area contributed by atoms with Crippen molar-refractivity contribution in [1.82, 2.24) is 0 Å². The molecule has 7 heavy (non-hydrogen) atoms.